The molecule has 0 aromatic heterocycles. The third-order valence-electron chi connectivity index (χ3n) is 4.44. The molecule has 0 saturated heterocycles. The van der Waals surface area contributed by atoms with Crippen LogP contribution in [0.3, 0.4) is 0 Å². The lowest BCUT2D eigenvalue weighted by molar-refractivity contribution is -0.312. The van der Waals surface area contributed by atoms with Crippen LogP contribution in [0.1, 0.15) is 43.5 Å². The van der Waals surface area contributed by atoms with Gasteiger partial charge in [0.1, 0.15) is 24.0 Å². The minimum Gasteiger partial charge on any atom is -0.548 e. The van der Waals surface area contributed by atoms with Gasteiger partial charge in [-0.1, -0.05) is 36.4 Å². The van der Waals surface area contributed by atoms with Crippen molar-refractivity contribution in [3.05, 3.63) is 65.2 Å². The average molecular weight is 382 g/mol. The molecule has 1 heterocycles. The van der Waals surface area contributed by atoms with Crippen LogP contribution in [0.25, 0.3) is 0 Å². The molecule has 0 saturated carbocycles. The van der Waals surface area contributed by atoms with Gasteiger partial charge >= 0.3 is 6.09 Å². The van der Waals surface area contributed by atoms with Crippen molar-refractivity contribution in [1.29, 1.82) is 0 Å². The molecule has 0 fully saturated rings. The van der Waals surface area contributed by atoms with Crippen molar-refractivity contribution in [2.75, 3.05) is 6.54 Å². The zero-order valence-electron chi connectivity index (χ0n) is 16.3. The molecule has 2 aromatic carbocycles. The number of benzene rings is 2. The fraction of sp³-hybridized carbons (Fsp3) is 0.364. The van der Waals surface area contributed by atoms with Gasteiger partial charge in [-0.25, -0.2) is 4.79 Å². The molecule has 0 bridgehead atoms. The maximum absolute atomic E-state index is 12.5. The Morgan fingerprint density at radius 2 is 1.86 bits per heavy atom. The molecule has 0 aliphatic carbocycles. The fourth-order valence-electron chi connectivity index (χ4n) is 3.21. The summed E-state index contributed by atoms with van der Waals surface area (Å²) in [5.41, 5.74) is 1.70. The number of carbonyl (C=O) groups excluding carboxylic acids is 2. The van der Waals surface area contributed by atoms with E-state index in [1.807, 2.05) is 36.4 Å². The number of carbonyl (C=O) groups is 2. The van der Waals surface area contributed by atoms with Crippen LogP contribution < -0.4 is 9.84 Å². The Kier molecular flexibility index (Phi) is 5.58. The Labute approximate surface area is 164 Å². The van der Waals surface area contributed by atoms with Gasteiger partial charge in [0.05, 0.1) is 5.97 Å². The molecular weight excluding hydrogens is 358 g/mol. The maximum Gasteiger partial charge on any atom is 0.411 e. The van der Waals surface area contributed by atoms with E-state index >= 15 is 0 Å². The number of aliphatic carboxylic acids is 1. The minimum absolute atomic E-state index is 0.239. The van der Waals surface area contributed by atoms with Crippen LogP contribution in [0.15, 0.2) is 48.5 Å². The molecule has 2 aromatic rings. The van der Waals surface area contributed by atoms with E-state index in [0.29, 0.717) is 24.3 Å². The monoisotopic (exact) mass is 382 g/mol. The summed E-state index contributed by atoms with van der Waals surface area (Å²) in [6.07, 6.45) is -0.141. The smallest absolute Gasteiger partial charge is 0.411 e. The summed E-state index contributed by atoms with van der Waals surface area (Å²) < 4.78 is 11.2. The highest BCUT2D eigenvalue weighted by Crippen LogP contribution is 2.33. The van der Waals surface area contributed by atoms with E-state index in [9.17, 15) is 14.7 Å². The molecule has 6 nitrogen and oxygen atoms in total. The van der Waals surface area contributed by atoms with Crippen molar-refractivity contribution in [2.24, 2.45) is 0 Å². The molecule has 1 atom stereocenters. The van der Waals surface area contributed by atoms with E-state index in [-0.39, 0.29) is 6.54 Å². The normalized spacial score (nSPS) is 16.2. The van der Waals surface area contributed by atoms with Gasteiger partial charge in [0.15, 0.2) is 0 Å². The van der Waals surface area contributed by atoms with Crippen LogP contribution in [0.4, 0.5) is 4.79 Å². The van der Waals surface area contributed by atoms with E-state index in [1.54, 1.807) is 32.9 Å². The third kappa shape index (κ3) is 4.63. The number of hydrogen-bond donors (Lipinski definition) is 0. The number of carboxylic acid groups (broad SMARTS) is 1. The number of ether oxygens (including phenoxy) is 2. The molecular formula is C22H24NO5-. The SMILES string of the molecule is CC(C)(C)OC(=O)N1CCc2cc(OCc3ccccc3)ccc2C1C(=O)[O-]. The third-order valence-corrected chi connectivity index (χ3v) is 4.44. The van der Waals surface area contributed by atoms with Crippen molar-refractivity contribution in [2.45, 2.75) is 45.4 Å². The van der Waals surface area contributed by atoms with E-state index in [2.05, 4.69) is 0 Å². The van der Waals surface area contributed by atoms with Gasteiger partial charge < -0.3 is 19.4 Å². The minimum atomic E-state index is -1.33. The molecule has 28 heavy (non-hydrogen) atoms. The highest BCUT2D eigenvalue weighted by atomic mass is 16.6. The fourth-order valence-corrected chi connectivity index (χ4v) is 3.21. The van der Waals surface area contributed by atoms with Gasteiger partial charge in [-0.3, -0.25) is 4.90 Å². The molecule has 0 spiro atoms. The van der Waals surface area contributed by atoms with Crippen molar-refractivity contribution < 1.29 is 24.2 Å². The molecule has 1 amide bonds. The first-order chi connectivity index (χ1) is 13.2. The molecule has 1 aliphatic rings. The molecule has 1 aliphatic heterocycles. The molecule has 0 N–H and O–H groups in total. The van der Waals surface area contributed by atoms with Gasteiger partial charge in [0, 0.05) is 6.54 Å². The van der Waals surface area contributed by atoms with Crippen LogP contribution in [0.5, 0.6) is 5.75 Å². The Morgan fingerprint density at radius 3 is 2.50 bits per heavy atom. The molecule has 0 radical (unpaired) electrons. The number of fused-ring (bicyclic) bond motifs is 1. The summed E-state index contributed by atoms with van der Waals surface area (Å²) in [4.78, 5) is 25.5. The van der Waals surface area contributed by atoms with Gasteiger partial charge in [0.2, 0.25) is 0 Å². The highest BCUT2D eigenvalue weighted by Gasteiger charge is 2.34. The standard InChI is InChI=1S/C22H25NO5/c1-22(2,3)28-21(26)23-12-11-16-13-17(9-10-18(16)19(23)20(24)25)27-14-15-7-5-4-6-8-15/h4-10,13,19H,11-12,14H2,1-3H3,(H,24,25)/p-1. The number of carboxylic acids is 1. The summed E-state index contributed by atoms with van der Waals surface area (Å²) in [7, 11) is 0. The first-order valence-electron chi connectivity index (χ1n) is 9.24. The van der Waals surface area contributed by atoms with Crippen LogP contribution >= 0.6 is 0 Å². The van der Waals surface area contributed by atoms with E-state index in [4.69, 9.17) is 9.47 Å². The summed E-state index contributed by atoms with van der Waals surface area (Å²) >= 11 is 0. The first-order valence-corrected chi connectivity index (χ1v) is 9.24. The summed E-state index contributed by atoms with van der Waals surface area (Å²) in [6, 6.07) is 13.8. The largest absolute Gasteiger partial charge is 0.548 e. The van der Waals surface area contributed by atoms with Gasteiger partial charge in [-0.15, -0.1) is 0 Å². The lowest BCUT2D eigenvalue weighted by atomic mass is 9.92. The highest BCUT2D eigenvalue weighted by molar-refractivity contribution is 5.81. The predicted molar refractivity (Wildman–Crippen MR) is 102 cm³/mol. The molecule has 148 valence electrons. The van der Waals surface area contributed by atoms with Crippen LogP contribution in [0.2, 0.25) is 0 Å². The van der Waals surface area contributed by atoms with Gasteiger partial charge in [-0.05, 0) is 56.0 Å². The van der Waals surface area contributed by atoms with Crippen LogP contribution in [-0.4, -0.2) is 29.1 Å². The van der Waals surface area contributed by atoms with E-state index in [1.165, 1.54) is 4.90 Å². The Hall–Kier alpha value is -3.02. The number of rotatable bonds is 4. The average Bonchev–Trinajstić information content (AvgIpc) is 2.64. The van der Waals surface area contributed by atoms with E-state index < -0.39 is 23.7 Å². The quantitative estimate of drug-likeness (QED) is 0.812. The Balaban J connectivity index is 1.79. The van der Waals surface area contributed by atoms with Crippen molar-refractivity contribution in [3.8, 4) is 5.75 Å². The maximum atomic E-state index is 12.5. The molecule has 6 heteroatoms. The zero-order valence-corrected chi connectivity index (χ0v) is 16.3. The van der Waals surface area contributed by atoms with Gasteiger partial charge in [0.25, 0.3) is 0 Å². The lowest BCUT2D eigenvalue weighted by Gasteiger charge is -2.38. The topological polar surface area (TPSA) is 78.9 Å². The predicted octanol–water partition coefficient (Wildman–Crippen LogP) is 2.85. The van der Waals surface area contributed by atoms with Crippen LogP contribution in [0, 0.1) is 0 Å². The molecule has 3 rings (SSSR count). The van der Waals surface area contributed by atoms with Crippen LogP contribution in [-0.2, 0) is 22.6 Å². The summed E-state index contributed by atoms with van der Waals surface area (Å²) in [5.74, 6) is -0.671. The summed E-state index contributed by atoms with van der Waals surface area (Å²) in [5, 5.41) is 11.8. The van der Waals surface area contributed by atoms with E-state index in [0.717, 1.165) is 11.1 Å². The second-order valence-corrected chi connectivity index (χ2v) is 7.78. The lowest BCUT2D eigenvalue weighted by Crippen LogP contribution is -2.49. The number of amides is 1. The Morgan fingerprint density at radius 1 is 1.14 bits per heavy atom. The first kappa shape index (κ1) is 19.7. The second kappa shape index (κ2) is 7.92. The summed E-state index contributed by atoms with van der Waals surface area (Å²) in [6.45, 7) is 5.89. The molecule has 1 unspecified atom stereocenters. The van der Waals surface area contributed by atoms with Crippen molar-refractivity contribution >= 4 is 12.1 Å². The second-order valence-electron chi connectivity index (χ2n) is 7.78. The Bertz CT molecular complexity index is 857. The number of nitrogens with zero attached hydrogens (tertiary/aromatic N) is 1. The van der Waals surface area contributed by atoms with Crippen molar-refractivity contribution in [3.63, 3.8) is 0 Å². The van der Waals surface area contributed by atoms with Crippen molar-refractivity contribution in [1.82, 2.24) is 4.90 Å². The number of hydrogen-bond acceptors (Lipinski definition) is 5. The van der Waals surface area contributed by atoms with Gasteiger partial charge in [-0.2, -0.15) is 0 Å². The zero-order chi connectivity index (χ0) is 20.3.